The molecule has 0 unspecified atom stereocenters. The van der Waals surface area contributed by atoms with Crippen LogP contribution < -0.4 is 5.32 Å². The molecule has 1 amide bonds. The van der Waals surface area contributed by atoms with Gasteiger partial charge in [0.1, 0.15) is 16.8 Å². The Morgan fingerprint density at radius 1 is 1.39 bits per heavy atom. The van der Waals surface area contributed by atoms with Gasteiger partial charge in [0.2, 0.25) is 0 Å². The number of nitrogens with one attached hydrogen (secondary N) is 1. The van der Waals surface area contributed by atoms with E-state index in [1.165, 1.54) is 28.3 Å². The second-order valence-corrected chi connectivity index (χ2v) is 7.85. The molecule has 11 heteroatoms. The van der Waals surface area contributed by atoms with E-state index in [2.05, 4.69) is 31.3 Å². The molecule has 0 spiro atoms. The third-order valence-corrected chi connectivity index (χ3v) is 5.33. The highest BCUT2D eigenvalue weighted by Gasteiger charge is 2.20. The maximum Gasteiger partial charge on any atom is 0.404 e. The van der Waals surface area contributed by atoms with Gasteiger partial charge in [-0.05, 0) is 57.6 Å². The third kappa shape index (κ3) is 3.66. The van der Waals surface area contributed by atoms with Gasteiger partial charge in [-0.3, -0.25) is 10.1 Å². The second kappa shape index (κ2) is 7.17. The SMILES string of the molecule is Cc1ccc2nc(NC(=O)c3ccc(Cn4cc(Br)c([N+](=O)[O-])n4)o3)sc2c1. The molecule has 0 saturated carbocycles. The van der Waals surface area contributed by atoms with E-state index in [-0.39, 0.29) is 22.6 Å². The van der Waals surface area contributed by atoms with Crippen LogP contribution in [0, 0.1) is 17.0 Å². The Balaban J connectivity index is 1.47. The van der Waals surface area contributed by atoms with E-state index in [9.17, 15) is 14.9 Å². The van der Waals surface area contributed by atoms with Gasteiger partial charge in [0.25, 0.3) is 5.91 Å². The lowest BCUT2D eigenvalue weighted by Gasteiger charge is -1.98. The zero-order valence-corrected chi connectivity index (χ0v) is 16.8. The van der Waals surface area contributed by atoms with E-state index in [4.69, 9.17) is 4.42 Å². The predicted octanol–water partition coefficient (Wildman–Crippen LogP) is 4.37. The molecule has 1 aromatic carbocycles. The largest absolute Gasteiger partial charge is 0.454 e. The lowest BCUT2D eigenvalue weighted by atomic mass is 10.2. The number of carbonyl (C=O) groups is 1. The molecule has 0 aliphatic carbocycles. The van der Waals surface area contributed by atoms with Crippen LogP contribution in [0.3, 0.4) is 0 Å². The highest BCUT2D eigenvalue weighted by Crippen LogP contribution is 2.27. The molecule has 4 aromatic rings. The maximum atomic E-state index is 12.4. The van der Waals surface area contributed by atoms with Gasteiger partial charge >= 0.3 is 5.82 Å². The molecule has 142 valence electrons. The Morgan fingerprint density at radius 2 is 2.21 bits per heavy atom. The summed E-state index contributed by atoms with van der Waals surface area (Å²) in [6.45, 7) is 2.15. The maximum absolute atomic E-state index is 12.4. The fourth-order valence-corrected chi connectivity index (χ4v) is 4.00. The number of nitro groups is 1. The minimum Gasteiger partial charge on any atom is -0.454 e. The van der Waals surface area contributed by atoms with Gasteiger partial charge in [0.05, 0.1) is 21.5 Å². The van der Waals surface area contributed by atoms with E-state index < -0.39 is 10.8 Å². The van der Waals surface area contributed by atoms with Crippen molar-refractivity contribution in [1.82, 2.24) is 14.8 Å². The van der Waals surface area contributed by atoms with Crippen molar-refractivity contribution in [3.63, 3.8) is 0 Å². The molecule has 0 aliphatic rings. The fourth-order valence-electron chi connectivity index (χ4n) is 2.58. The summed E-state index contributed by atoms with van der Waals surface area (Å²) in [4.78, 5) is 27.1. The molecule has 3 heterocycles. The van der Waals surface area contributed by atoms with Crippen molar-refractivity contribution in [2.24, 2.45) is 0 Å². The molecule has 9 nitrogen and oxygen atoms in total. The van der Waals surface area contributed by atoms with Crippen molar-refractivity contribution in [1.29, 1.82) is 0 Å². The van der Waals surface area contributed by atoms with E-state index in [0.717, 1.165) is 15.8 Å². The molecule has 0 radical (unpaired) electrons. The van der Waals surface area contributed by atoms with Crippen LogP contribution in [0.1, 0.15) is 21.9 Å². The summed E-state index contributed by atoms with van der Waals surface area (Å²) in [5.74, 6) is -0.147. The van der Waals surface area contributed by atoms with Crippen molar-refractivity contribution in [2.75, 3.05) is 5.32 Å². The van der Waals surface area contributed by atoms with E-state index in [1.54, 1.807) is 6.07 Å². The van der Waals surface area contributed by atoms with Gasteiger partial charge in [-0.2, -0.15) is 4.68 Å². The molecule has 0 fully saturated rings. The number of halogens is 1. The number of anilines is 1. The smallest absolute Gasteiger partial charge is 0.404 e. The minimum absolute atomic E-state index is 0.117. The number of hydrogen-bond acceptors (Lipinski definition) is 7. The average molecular weight is 462 g/mol. The first-order chi connectivity index (χ1) is 13.4. The van der Waals surface area contributed by atoms with Crippen LogP contribution in [0.4, 0.5) is 10.9 Å². The van der Waals surface area contributed by atoms with Crippen molar-refractivity contribution in [2.45, 2.75) is 13.5 Å². The number of rotatable bonds is 5. The second-order valence-electron chi connectivity index (χ2n) is 5.97. The topological polar surface area (TPSA) is 116 Å². The van der Waals surface area contributed by atoms with Gasteiger partial charge < -0.3 is 14.5 Å². The molecule has 1 N–H and O–H groups in total. The summed E-state index contributed by atoms with van der Waals surface area (Å²) in [6, 6.07) is 9.04. The summed E-state index contributed by atoms with van der Waals surface area (Å²) in [5.41, 5.74) is 1.94. The van der Waals surface area contributed by atoms with Crippen LogP contribution in [0.2, 0.25) is 0 Å². The number of furan rings is 1. The molecule has 0 aliphatic heterocycles. The Kier molecular flexibility index (Phi) is 4.69. The first-order valence-corrected chi connectivity index (χ1v) is 9.64. The summed E-state index contributed by atoms with van der Waals surface area (Å²) < 4.78 is 8.16. The number of thiazole rings is 1. The lowest BCUT2D eigenvalue weighted by molar-refractivity contribution is -0.390. The number of nitrogens with zero attached hydrogens (tertiary/aromatic N) is 4. The van der Waals surface area contributed by atoms with E-state index in [1.807, 2.05) is 25.1 Å². The zero-order chi connectivity index (χ0) is 19.8. The number of carbonyl (C=O) groups excluding carboxylic acids is 1. The van der Waals surface area contributed by atoms with Crippen molar-refractivity contribution in [3.05, 3.63) is 68.2 Å². The molecule has 4 rings (SSSR count). The Bertz CT molecular complexity index is 1210. The van der Waals surface area contributed by atoms with Gasteiger partial charge in [-0.15, -0.1) is 0 Å². The van der Waals surface area contributed by atoms with E-state index in [0.29, 0.717) is 10.9 Å². The van der Waals surface area contributed by atoms with Gasteiger partial charge in [0.15, 0.2) is 10.9 Å². The van der Waals surface area contributed by atoms with Gasteiger partial charge in [-0.25, -0.2) is 4.98 Å². The van der Waals surface area contributed by atoms with Crippen molar-refractivity contribution < 1.29 is 14.1 Å². The molecule has 0 saturated heterocycles. The predicted molar refractivity (Wildman–Crippen MR) is 107 cm³/mol. The van der Waals surface area contributed by atoms with Crippen LogP contribution >= 0.6 is 27.3 Å². The molecular formula is C17H12BrN5O4S. The first-order valence-electron chi connectivity index (χ1n) is 8.03. The van der Waals surface area contributed by atoms with Crippen LogP contribution in [0.15, 0.2) is 45.4 Å². The van der Waals surface area contributed by atoms with Crippen molar-refractivity contribution in [3.8, 4) is 0 Å². The minimum atomic E-state index is -0.582. The lowest BCUT2D eigenvalue weighted by Crippen LogP contribution is -2.10. The zero-order valence-electron chi connectivity index (χ0n) is 14.4. The molecule has 0 atom stereocenters. The van der Waals surface area contributed by atoms with Crippen molar-refractivity contribution >= 4 is 54.3 Å². The van der Waals surface area contributed by atoms with Gasteiger partial charge in [0, 0.05) is 0 Å². The third-order valence-electron chi connectivity index (χ3n) is 3.84. The molecule has 3 aromatic heterocycles. The molecule has 28 heavy (non-hydrogen) atoms. The summed E-state index contributed by atoms with van der Waals surface area (Å²) in [7, 11) is 0. The Hall–Kier alpha value is -3.05. The summed E-state index contributed by atoms with van der Waals surface area (Å²) >= 11 is 4.47. The van der Waals surface area contributed by atoms with Gasteiger partial charge in [-0.1, -0.05) is 17.4 Å². The number of aromatic nitrogens is 3. The Morgan fingerprint density at radius 3 is 2.96 bits per heavy atom. The highest BCUT2D eigenvalue weighted by molar-refractivity contribution is 9.10. The average Bonchev–Trinajstić information content (AvgIpc) is 3.33. The Labute approximate surface area is 170 Å². The quantitative estimate of drug-likeness (QED) is 0.348. The fraction of sp³-hybridized carbons (Fsp3) is 0.118. The number of fused-ring (bicyclic) bond motifs is 1. The normalized spacial score (nSPS) is 11.1. The monoisotopic (exact) mass is 461 g/mol. The number of benzene rings is 1. The van der Waals surface area contributed by atoms with E-state index >= 15 is 0 Å². The first kappa shape index (κ1) is 18.3. The van der Waals surface area contributed by atoms with Crippen LogP contribution in [0.5, 0.6) is 0 Å². The molecular weight excluding hydrogens is 450 g/mol. The standard InChI is InChI=1S/C17H12BrN5O4S/c1-9-2-4-12-14(6-9)28-17(19-12)20-16(24)13-5-3-10(27-13)7-22-8-11(18)15(21-22)23(25)26/h2-6,8H,7H2,1H3,(H,19,20,24). The number of amides is 1. The van der Waals surface area contributed by atoms with Crippen LogP contribution in [-0.2, 0) is 6.54 Å². The highest BCUT2D eigenvalue weighted by atomic mass is 79.9. The molecule has 0 bridgehead atoms. The van der Waals surface area contributed by atoms with Crippen LogP contribution in [-0.4, -0.2) is 25.6 Å². The summed E-state index contributed by atoms with van der Waals surface area (Å²) in [6.07, 6.45) is 1.48. The number of aryl methyl sites for hydroxylation is 1. The van der Waals surface area contributed by atoms with Crippen LogP contribution in [0.25, 0.3) is 10.2 Å². The number of hydrogen-bond donors (Lipinski definition) is 1. The summed E-state index contributed by atoms with van der Waals surface area (Å²) in [5, 5.41) is 17.9.